The quantitative estimate of drug-likeness (QED) is 0.826. The van der Waals surface area contributed by atoms with Gasteiger partial charge in [0, 0.05) is 18.0 Å². The zero-order valence-electron chi connectivity index (χ0n) is 11.4. The second-order valence-corrected chi connectivity index (χ2v) is 6.28. The maximum Gasteiger partial charge on any atom is 0.135 e. The second-order valence-electron chi connectivity index (χ2n) is 5.89. The molecule has 104 valence electrons. The molecular weight excluding hydrogens is 258 g/mol. The summed E-state index contributed by atoms with van der Waals surface area (Å²) in [5, 5.41) is 4.15. The van der Waals surface area contributed by atoms with Gasteiger partial charge in [0.1, 0.15) is 16.8 Å². The van der Waals surface area contributed by atoms with Crippen molar-refractivity contribution in [3.05, 3.63) is 17.0 Å². The van der Waals surface area contributed by atoms with Crippen LogP contribution in [0.3, 0.4) is 0 Å². The first-order chi connectivity index (χ1) is 9.31. The van der Waals surface area contributed by atoms with Gasteiger partial charge in [-0.15, -0.1) is 0 Å². The molecule has 1 N–H and O–H groups in total. The fourth-order valence-corrected chi connectivity index (χ4v) is 3.03. The van der Waals surface area contributed by atoms with Gasteiger partial charge in [-0.1, -0.05) is 43.7 Å². The summed E-state index contributed by atoms with van der Waals surface area (Å²) in [4.78, 5) is 8.97. The Morgan fingerprint density at radius 1 is 0.947 bits per heavy atom. The van der Waals surface area contributed by atoms with Gasteiger partial charge < -0.3 is 5.32 Å². The van der Waals surface area contributed by atoms with Crippen LogP contribution >= 0.6 is 11.6 Å². The van der Waals surface area contributed by atoms with E-state index in [1.807, 2.05) is 6.07 Å². The van der Waals surface area contributed by atoms with Crippen molar-refractivity contribution < 1.29 is 0 Å². The first kappa shape index (κ1) is 13.2. The molecule has 2 aliphatic rings. The van der Waals surface area contributed by atoms with Crippen LogP contribution in [0.25, 0.3) is 0 Å². The molecule has 1 aromatic rings. The van der Waals surface area contributed by atoms with Crippen LogP contribution in [0.2, 0.25) is 5.15 Å². The van der Waals surface area contributed by atoms with E-state index in [2.05, 4.69) is 15.3 Å². The van der Waals surface area contributed by atoms with E-state index >= 15 is 0 Å². The molecule has 0 unspecified atom stereocenters. The van der Waals surface area contributed by atoms with Crippen molar-refractivity contribution in [1.29, 1.82) is 0 Å². The number of anilines is 1. The number of rotatable bonds is 3. The van der Waals surface area contributed by atoms with E-state index in [1.165, 1.54) is 57.8 Å². The molecule has 2 aliphatic carbocycles. The SMILES string of the molecule is Clc1cc(NC2CCCCCCC2)nc(C2CC2)n1. The van der Waals surface area contributed by atoms with Gasteiger partial charge in [-0.25, -0.2) is 9.97 Å². The molecule has 19 heavy (non-hydrogen) atoms. The topological polar surface area (TPSA) is 37.8 Å². The molecule has 4 heteroatoms. The predicted octanol–water partition coefficient (Wildman–Crippen LogP) is 4.53. The van der Waals surface area contributed by atoms with Crippen LogP contribution in [-0.4, -0.2) is 16.0 Å². The van der Waals surface area contributed by atoms with E-state index in [-0.39, 0.29) is 0 Å². The summed E-state index contributed by atoms with van der Waals surface area (Å²) in [7, 11) is 0. The fourth-order valence-electron chi connectivity index (χ4n) is 2.84. The van der Waals surface area contributed by atoms with Crippen molar-refractivity contribution in [3.8, 4) is 0 Å². The van der Waals surface area contributed by atoms with E-state index in [9.17, 15) is 0 Å². The lowest BCUT2D eigenvalue weighted by Gasteiger charge is -2.21. The summed E-state index contributed by atoms with van der Waals surface area (Å²) < 4.78 is 0. The van der Waals surface area contributed by atoms with Gasteiger partial charge in [-0.2, -0.15) is 0 Å². The zero-order chi connectivity index (χ0) is 13.1. The summed E-state index contributed by atoms with van der Waals surface area (Å²) in [6, 6.07) is 2.42. The smallest absolute Gasteiger partial charge is 0.135 e. The minimum absolute atomic E-state index is 0.552. The average Bonchev–Trinajstić information content (AvgIpc) is 3.15. The third-order valence-corrected chi connectivity index (χ3v) is 4.31. The maximum atomic E-state index is 6.11. The lowest BCUT2D eigenvalue weighted by atomic mass is 9.97. The van der Waals surface area contributed by atoms with Gasteiger partial charge in [-0.05, 0) is 25.7 Å². The Morgan fingerprint density at radius 2 is 1.63 bits per heavy atom. The monoisotopic (exact) mass is 279 g/mol. The van der Waals surface area contributed by atoms with Crippen LogP contribution in [0, 0.1) is 0 Å². The molecule has 0 aromatic carbocycles. The summed E-state index contributed by atoms with van der Waals surface area (Å²) in [5.74, 6) is 2.41. The molecule has 1 aromatic heterocycles. The van der Waals surface area contributed by atoms with Crippen molar-refractivity contribution in [2.24, 2.45) is 0 Å². The molecular formula is C15H22ClN3. The summed E-state index contributed by atoms with van der Waals surface area (Å²) in [6.07, 6.45) is 11.7. The van der Waals surface area contributed by atoms with Crippen LogP contribution in [-0.2, 0) is 0 Å². The van der Waals surface area contributed by atoms with Crippen LogP contribution < -0.4 is 5.32 Å². The third kappa shape index (κ3) is 3.82. The fraction of sp³-hybridized carbons (Fsp3) is 0.733. The first-order valence-electron chi connectivity index (χ1n) is 7.62. The van der Waals surface area contributed by atoms with Gasteiger partial charge in [-0.3, -0.25) is 0 Å². The molecule has 0 spiro atoms. The van der Waals surface area contributed by atoms with Crippen LogP contribution in [0.4, 0.5) is 5.82 Å². The highest BCUT2D eigenvalue weighted by Gasteiger charge is 2.27. The van der Waals surface area contributed by atoms with Crippen molar-refractivity contribution in [2.45, 2.75) is 69.7 Å². The number of nitrogens with zero attached hydrogens (tertiary/aromatic N) is 2. The van der Waals surface area contributed by atoms with E-state index in [0.29, 0.717) is 17.1 Å². The van der Waals surface area contributed by atoms with Crippen molar-refractivity contribution in [1.82, 2.24) is 9.97 Å². The Hall–Kier alpha value is -0.830. The van der Waals surface area contributed by atoms with Crippen molar-refractivity contribution >= 4 is 17.4 Å². The molecule has 3 rings (SSSR count). The molecule has 0 radical (unpaired) electrons. The summed E-state index contributed by atoms with van der Waals surface area (Å²) in [6.45, 7) is 0. The number of hydrogen-bond acceptors (Lipinski definition) is 3. The summed E-state index contributed by atoms with van der Waals surface area (Å²) in [5.41, 5.74) is 0. The lowest BCUT2D eigenvalue weighted by Crippen LogP contribution is -2.21. The highest BCUT2D eigenvalue weighted by molar-refractivity contribution is 6.29. The molecule has 0 atom stereocenters. The molecule has 2 fully saturated rings. The first-order valence-corrected chi connectivity index (χ1v) is 8.00. The number of halogens is 1. The Morgan fingerprint density at radius 3 is 2.32 bits per heavy atom. The average molecular weight is 280 g/mol. The minimum atomic E-state index is 0.552. The largest absolute Gasteiger partial charge is 0.367 e. The van der Waals surface area contributed by atoms with Gasteiger partial charge in [0.2, 0.25) is 0 Å². The van der Waals surface area contributed by atoms with Crippen LogP contribution in [0.1, 0.15) is 69.5 Å². The maximum absolute atomic E-state index is 6.11. The minimum Gasteiger partial charge on any atom is -0.367 e. The molecule has 1 heterocycles. The zero-order valence-corrected chi connectivity index (χ0v) is 12.1. The lowest BCUT2D eigenvalue weighted by molar-refractivity contribution is 0.470. The predicted molar refractivity (Wildman–Crippen MR) is 78.7 cm³/mol. The van der Waals surface area contributed by atoms with Gasteiger partial charge in [0.25, 0.3) is 0 Å². The van der Waals surface area contributed by atoms with E-state index < -0.39 is 0 Å². The van der Waals surface area contributed by atoms with E-state index in [1.54, 1.807) is 0 Å². The number of aromatic nitrogens is 2. The Kier molecular flexibility index (Phi) is 4.21. The van der Waals surface area contributed by atoms with E-state index in [4.69, 9.17) is 11.6 Å². The molecule has 0 amide bonds. The van der Waals surface area contributed by atoms with Crippen molar-refractivity contribution in [3.63, 3.8) is 0 Å². The Labute approximate surface area is 120 Å². The van der Waals surface area contributed by atoms with Crippen LogP contribution in [0.5, 0.6) is 0 Å². The van der Waals surface area contributed by atoms with E-state index in [0.717, 1.165) is 11.6 Å². The summed E-state index contributed by atoms with van der Waals surface area (Å²) >= 11 is 6.11. The standard InChI is InChI=1S/C15H22ClN3/c16-13-10-14(19-15(18-13)11-8-9-11)17-12-6-4-2-1-3-5-7-12/h10-12H,1-9H2,(H,17,18,19). The normalized spacial score (nSPS) is 21.7. The van der Waals surface area contributed by atoms with Crippen LogP contribution in [0.15, 0.2) is 6.07 Å². The highest BCUT2D eigenvalue weighted by atomic mass is 35.5. The molecule has 0 aliphatic heterocycles. The van der Waals surface area contributed by atoms with Gasteiger partial charge >= 0.3 is 0 Å². The van der Waals surface area contributed by atoms with Gasteiger partial charge in [0.05, 0.1) is 0 Å². The van der Waals surface area contributed by atoms with Gasteiger partial charge in [0.15, 0.2) is 0 Å². The molecule has 0 saturated heterocycles. The Balaban J connectivity index is 1.67. The number of nitrogens with one attached hydrogen (secondary N) is 1. The molecule has 2 saturated carbocycles. The second kappa shape index (κ2) is 6.08. The molecule has 3 nitrogen and oxygen atoms in total. The Bertz CT molecular complexity index is 423. The molecule has 0 bridgehead atoms. The third-order valence-electron chi connectivity index (χ3n) is 4.11. The van der Waals surface area contributed by atoms with Crippen molar-refractivity contribution in [2.75, 3.05) is 5.32 Å². The number of hydrogen-bond donors (Lipinski definition) is 1. The highest BCUT2D eigenvalue weighted by Crippen LogP contribution is 2.38.